The van der Waals surface area contributed by atoms with Gasteiger partial charge in [0.15, 0.2) is 6.10 Å². The van der Waals surface area contributed by atoms with Crippen molar-refractivity contribution in [1.29, 1.82) is 0 Å². The Morgan fingerprint density at radius 1 is 0.975 bits per heavy atom. The van der Waals surface area contributed by atoms with Gasteiger partial charge in [-0.15, -0.1) is 0 Å². The summed E-state index contributed by atoms with van der Waals surface area (Å²) < 4.78 is 7.86. The molecule has 4 rings (SSSR count). The van der Waals surface area contributed by atoms with Gasteiger partial charge in [-0.1, -0.05) is 85.6 Å². The van der Waals surface area contributed by atoms with Crippen molar-refractivity contribution < 1.29 is 14.3 Å². The first-order valence-electron chi connectivity index (χ1n) is 13.1. The molecule has 0 aliphatic rings. The van der Waals surface area contributed by atoms with Gasteiger partial charge in [0.25, 0.3) is 11.8 Å². The van der Waals surface area contributed by atoms with Crippen LogP contribution in [0.5, 0.6) is 5.75 Å². The lowest BCUT2D eigenvalue weighted by atomic mass is 10.0. The largest absolute Gasteiger partial charge is 0.479 e. The Bertz CT molecular complexity index is 1500. The molecule has 2 atom stereocenters. The number of para-hydroxylation sites is 1. The molecule has 0 aliphatic heterocycles. The van der Waals surface area contributed by atoms with Crippen LogP contribution >= 0.6 is 23.2 Å². The Balaban J connectivity index is 1.43. The molecule has 1 heterocycles. The molecule has 7 nitrogen and oxygen atoms in total. The minimum absolute atomic E-state index is 0.151. The molecule has 0 radical (unpaired) electrons. The van der Waals surface area contributed by atoms with Crippen LogP contribution in [0.25, 0.3) is 10.9 Å². The summed E-state index contributed by atoms with van der Waals surface area (Å²) in [6.45, 7) is 6.26. The van der Waals surface area contributed by atoms with Gasteiger partial charge in [0.1, 0.15) is 11.8 Å². The molecule has 0 fully saturated rings. The predicted octanol–water partition coefficient (Wildman–Crippen LogP) is 6.44. The Hall–Kier alpha value is -3.81. The van der Waals surface area contributed by atoms with E-state index in [-0.39, 0.29) is 5.92 Å². The Kier molecular flexibility index (Phi) is 9.85. The molecule has 3 aromatic carbocycles. The highest BCUT2D eigenvalue weighted by Crippen LogP contribution is 2.28. The Morgan fingerprint density at radius 3 is 2.42 bits per heavy atom. The van der Waals surface area contributed by atoms with Crippen LogP contribution in [0.4, 0.5) is 0 Å². The zero-order valence-electron chi connectivity index (χ0n) is 22.6. The highest BCUT2D eigenvalue weighted by Gasteiger charge is 2.25. The molecular weight excluding hydrogens is 547 g/mol. The van der Waals surface area contributed by atoms with Gasteiger partial charge >= 0.3 is 0 Å². The summed E-state index contributed by atoms with van der Waals surface area (Å²) in [6, 6.07) is 22.2. The van der Waals surface area contributed by atoms with E-state index in [1.165, 1.54) is 11.6 Å². The van der Waals surface area contributed by atoms with Gasteiger partial charge in [0.2, 0.25) is 0 Å². The Labute approximate surface area is 244 Å². The number of hydrazone groups is 1. The van der Waals surface area contributed by atoms with Gasteiger partial charge < -0.3 is 14.6 Å². The first-order chi connectivity index (χ1) is 19.2. The second-order valence-electron chi connectivity index (χ2n) is 9.97. The van der Waals surface area contributed by atoms with Crippen molar-refractivity contribution in [3.05, 3.63) is 100 Å². The third-order valence-electron chi connectivity index (χ3n) is 6.30. The van der Waals surface area contributed by atoms with Crippen molar-refractivity contribution in [3.63, 3.8) is 0 Å². The molecule has 2 N–H and O–H groups in total. The highest BCUT2D eigenvalue weighted by molar-refractivity contribution is 6.35. The fourth-order valence-electron chi connectivity index (χ4n) is 4.34. The van der Waals surface area contributed by atoms with E-state index in [9.17, 15) is 9.59 Å². The third kappa shape index (κ3) is 7.64. The first-order valence-corrected chi connectivity index (χ1v) is 13.8. The monoisotopic (exact) mass is 578 g/mol. The summed E-state index contributed by atoms with van der Waals surface area (Å²) in [5, 5.41) is 8.80. The number of nitrogens with zero attached hydrogens (tertiary/aromatic N) is 2. The molecule has 208 valence electrons. The number of ether oxygens (including phenoxy) is 1. The molecule has 0 spiro atoms. The maximum absolute atomic E-state index is 13.1. The lowest BCUT2D eigenvalue weighted by Crippen LogP contribution is -2.49. The van der Waals surface area contributed by atoms with Crippen LogP contribution in [0.15, 0.2) is 84.1 Å². The lowest BCUT2D eigenvalue weighted by Gasteiger charge is -2.22. The molecule has 2 amide bonds. The number of amides is 2. The molecule has 1 aromatic heterocycles. The average Bonchev–Trinajstić information content (AvgIpc) is 3.27. The number of fused-ring (bicyclic) bond motifs is 1. The topological polar surface area (TPSA) is 84.7 Å². The summed E-state index contributed by atoms with van der Waals surface area (Å²) in [7, 11) is 0. The first kappa shape index (κ1) is 29.2. The normalized spacial score (nSPS) is 12.9. The Morgan fingerprint density at radius 2 is 1.70 bits per heavy atom. The van der Waals surface area contributed by atoms with Crippen LogP contribution in [0.2, 0.25) is 10.0 Å². The number of halogens is 2. The maximum Gasteiger partial charge on any atom is 0.262 e. The van der Waals surface area contributed by atoms with Crippen LogP contribution in [0, 0.1) is 5.92 Å². The second kappa shape index (κ2) is 13.5. The SMILES string of the molecule is CC(C)C[C@H](NC(=O)[C@@H](C)Oc1ccc(Cl)cc1Cl)C(=O)N/N=C\c1cn(Cc2ccccc2)c2ccccc12. The van der Waals surface area contributed by atoms with Crippen molar-refractivity contribution in [2.24, 2.45) is 11.0 Å². The highest BCUT2D eigenvalue weighted by atomic mass is 35.5. The molecule has 0 aliphatic carbocycles. The van der Waals surface area contributed by atoms with Crippen molar-refractivity contribution >= 4 is 52.1 Å². The molecule has 0 unspecified atom stereocenters. The molecule has 0 saturated heterocycles. The van der Waals surface area contributed by atoms with Crippen molar-refractivity contribution in [1.82, 2.24) is 15.3 Å². The van der Waals surface area contributed by atoms with E-state index < -0.39 is 24.0 Å². The van der Waals surface area contributed by atoms with Crippen molar-refractivity contribution in [2.75, 3.05) is 0 Å². The number of nitrogens with one attached hydrogen (secondary N) is 2. The number of hydrogen-bond acceptors (Lipinski definition) is 4. The van der Waals surface area contributed by atoms with Crippen molar-refractivity contribution in [3.8, 4) is 5.75 Å². The van der Waals surface area contributed by atoms with E-state index in [2.05, 4.69) is 38.6 Å². The van der Waals surface area contributed by atoms with Gasteiger partial charge in [-0.05, 0) is 49.1 Å². The lowest BCUT2D eigenvalue weighted by molar-refractivity contribution is -0.132. The van der Waals surface area contributed by atoms with Gasteiger partial charge in [-0.2, -0.15) is 5.10 Å². The average molecular weight is 580 g/mol. The summed E-state index contributed by atoms with van der Waals surface area (Å²) >= 11 is 12.1. The van der Waals surface area contributed by atoms with E-state index in [4.69, 9.17) is 27.9 Å². The summed E-state index contributed by atoms with van der Waals surface area (Å²) in [5.41, 5.74) is 5.73. The number of benzene rings is 3. The fraction of sp³-hybridized carbons (Fsp3) is 0.258. The van der Waals surface area contributed by atoms with Gasteiger partial charge in [-0.25, -0.2) is 5.43 Å². The van der Waals surface area contributed by atoms with E-state index >= 15 is 0 Å². The van der Waals surface area contributed by atoms with Crippen LogP contribution < -0.4 is 15.5 Å². The van der Waals surface area contributed by atoms with Crippen LogP contribution in [-0.2, 0) is 16.1 Å². The maximum atomic E-state index is 13.1. The van der Waals surface area contributed by atoms with Gasteiger partial charge in [-0.3, -0.25) is 9.59 Å². The van der Waals surface area contributed by atoms with Crippen LogP contribution in [0.1, 0.15) is 38.3 Å². The standard InChI is InChI=1S/C31H32Cl2N4O3/c1-20(2)15-27(35-30(38)21(3)40-29-14-13-24(32)16-26(29)33)31(39)36-34-17-23-19-37(18-22-9-5-4-6-10-22)28-12-8-7-11-25(23)28/h4-14,16-17,19-21,27H,15,18H2,1-3H3,(H,35,38)(H,36,39)/b34-17-/t21-,27+/m1/s1. The van der Waals surface area contributed by atoms with Gasteiger partial charge in [0, 0.05) is 34.2 Å². The number of carbonyl (C=O) groups is 2. The summed E-state index contributed by atoms with van der Waals surface area (Å²) in [6.07, 6.45) is 3.18. The zero-order chi connectivity index (χ0) is 28.6. The number of hydrogen-bond donors (Lipinski definition) is 2. The van der Waals surface area contributed by atoms with Gasteiger partial charge in [0.05, 0.1) is 11.2 Å². The molecular formula is C31H32Cl2N4O3. The van der Waals surface area contributed by atoms with Crippen LogP contribution in [0.3, 0.4) is 0 Å². The summed E-state index contributed by atoms with van der Waals surface area (Å²) in [5.74, 6) is -0.379. The van der Waals surface area contributed by atoms with Crippen LogP contribution in [-0.4, -0.2) is 34.7 Å². The van der Waals surface area contributed by atoms with E-state index in [0.29, 0.717) is 28.8 Å². The predicted molar refractivity (Wildman–Crippen MR) is 161 cm³/mol. The molecule has 40 heavy (non-hydrogen) atoms. The quantitative estimate of drug-likeness (QED) is 0.158. The second-order valence-corrected chi connectivity index (χ2v) is 10.8. The minimum atomic E-state index is -0.889. The van der Waals surface area contributed by atoms with E-state index in [1.54, 1.807) is 25.3 Å². The number of carbonyl (C=O) groups excluding carboxylic acids is 2. The van der Waals surface area contributed by atoms with E-state index in [1.807, 2.05) is 56.4 Å². The minimum Gasteiger partial charge on any atom is -0.479 e. The number of aromatic nitrogens is 1. The third-order valence-corrected chi connectivity index (χ3v) is 6.83. The molecule has 0 bridgehead atoms. The van der Waals surface area contributed by atoms with Crippen molar-refractivity contribution in [2.45, 2.75) is 45.9 Å². The number of rotatable bonds is 11. The zero-order valence-corrected chi connectivity index (χ0v) is 24.1. The molecule has 9 heteroatoms. The molecule has 4 aromatic rings. The molecule has 0 saturated carbocycles. The van der Waals surface area contributed by atoms with E-state index in [0.717, 1.165) is 16.5 Å². The smallest absolute Gasteiger partial charge is 0.262 e. The fourth-order valence-corrected chi connectivity index (χ4v) is 4.79. The summed E-state index contributed by atoms with van der Waals surface area (Å²) in [4.78, 5) is 26.0.